The summed E-state index contributed by atoms with van der Waals surface area (Å²) in [7, 11) is 0. The number of benzene rings is 3. The Morgan fingerprint density at radius 3 is 2.29 bits per heavy atom. The van der Waals surface area contributed by atoms with Crippen molar-refractivity contribution in [3.63, 3.8) is 0 Å². The molecule has 4 aromatic rings. The van der Waals surface area contributed by atoms with Crippen molar-refractivity contribution in [1.82, 2.24) is 9.55 Å². The van der Waals surface area contributed by atoms with Gasteiger partial charge in [0.2, 0.25) is 11.8 Å². The lowest BCUT2D eigenvalue weighted by molar-refractivity contribution is -0.119. The van der Waals surface area contributed by atoms with Crippen LogP contribution in [0.3, 0.4) is 0 Å². The van der Waals surface area contributed by atoms with Crippen molar-refractivity contribution in [3.8, 4) is 11.3 Å². The average Bonchev–Trinajstić information content (AvgIpc) is 2.86. The van der Waals surface area contributed by atoms with E-state index < -0.39 is 11.6 Å². The number of carbonyl (C=O) groups excluding carboxylic acids is 2. The summed E-state index contributed by atoms with van der Waals surface area (Å²) >= 11 is 0. The highest BCUT2D eigenvalue weighted by atomic mass is 16.2. The van der Waals surface area contributed by atoms with Gasteiger partial charge < -0.3 is 10.6 Å². The Kier molecular flexibility index (Phi) is 7.06. The zero-order chi connectivity index (χ0) is 24.9. The van der Waals surface area contributed by atoms with E-state index in [1.54, 1.807) is 30.3 Å². The van der Waals surface area contributed by atoms with Gasteiger partial charge in [0, 0.05) is 18.2 Å². The summed E-state index contributed by atoms with van der Waals surface area (Å²) in [6.45, 7) is 5.35. The fourth-order valence-electron chi connectivity index (χ4n) is 4.16. The van der Waals surface area contributed by atoms with Crippen molar-refractivity contribution in [2.24, 2.45) is 0 Å². The number of aromatic nitrogens is 2. The minimum absolute atomic E-state index is 0.173. The van der Waals surface area contributed by atoms with E-state index in [0.29, 0.717) is 34.4 Å². The predicted octanol–water partition coefficient (Wildman–Crippen LogP) is 5.17. The first-order valence-corrected chi connectivity index (χ1v) is 11.7. The van der Waals surface area contributed by atoms with E-state index in [1.807, 2.05) is 49.4 Å². The summed E-state index contributed by atoms with van der Waals surface area (Å²) in [5, 5.41) is 5.72. The molecule has 7 heteroatoms. The molecule has 1 aromatic heterocycles. The number of nitrogens with one attached hydrogen (secondary N) is 2. The first-order chi connectivity index (χ1) is 16.9. The van der Waals surface area contributed by atoms with E-state index in [-0.39, 0.29) is 17.5 Å². The number of fused-ring (bicyclic) bond motifs is 1. The second-order valence-electron chi connectivity index (χ2n) is 8.31. The molecule has 0 unspecified atom stereocenters. The monoisotopic (exact) mass is 468 g/mol. The third-order valence-electron chi connectivity index (χ3n) is 5.92. The molecule has 0 spiro atoms. The zero-order valence-corrected chi connectivity index (χ0v) is 20.0. The number of nitrogens with zero attached hydrogens (tertiary/aromatic N) is 2. The summed E-state index contributed by atoms with van der Waals surface area (Å²) in [6.07, 6.45) is 1.31. The van der Waals surface area contributed by atoms with Crippen molar-refractivity contribution in [3.05, 3.63) is 88.7 Å². The third-order valence-corrected chi connectivity index (χ3v) is 5.92. The maximum absolute atomic E-state index is 13.9. The molecule has 1 heterocycles. The summed E-state index contributed by atoms with van der Waals surface area (Å²) in [5.74, 6) is -0.533. The highest BCUT2D eigenvalue weighted by Crippen LogP contribution is 2.27. The second kappa shape index (κ2) is 10.3. The first-order valence-electron chi connectivity index (χ1n) is 11.7. The molecule has 1 atom stereocenters. The smallest absolute Gasteiger partial charge is 0.278 e. The Morgan fingerprint density at radius 1 is 0.914 bits per heavy atom. The molecule has 0 saturated heterocycles. The lowest BCUT2D eigenvalue weighted by Crippen LogP contribution is -2.34. The van der Waals surface area contributed by atoms with Crippen molar-refractivity contribution in [1.29, 1.82) is 0 Å². The van der Waals surface area contributed by atoms with Gasteiger partial charge in [-0.3, -0.25) is 19.0 Å². The van der Waals surface area contributed by atoms with E-state index in [2.05, 4.69) is 22.5 Å². The standard InChI is InChI=1S/C28H28N4O3/c1-4-19-14-16-20(17-15-19)30-27(34)24(5-2)32-25-13-9-8-12-23(25)31-26(28(32)35)21-10-6-7-11-22(21)29-18(3)33/h6-17,24H,4-5H2,1-3H3,(H,29,33)(H,30,34)/t24-/m1/s1. The number of hydrogen-bond donors (Lipinski definition) is 2. The molecule has 0 aliphatic rings. The highest BCUT2D eigenvalue weighted by Gasteiger charge is 2.25. The van der Waals surface area contributed by atoms with Gasteiger partial charge in [0.05, 0.1) is 16.7 Å². The molecular weight excluding hydrogens is 440 g/mol. The van der Waals surface area contributed by atoms with Gasteiger partial charge in [-0.2, -0.15) is 0 Å². The maximum atomic E-state index is 13.9. The number of amides is 2. The van der Waals surface area contributed by atoms with Crippen LogP contribution in [0.2, 0.25) is 0 Å². The van der Waals surface area contributed by atoms with Crippen LogP contribution in [0.1, 0.15) is 38.8 Å². The van der Waals surface area contributed by atoms with Crippen molar-refractivity contribution < 1.29 is 9.59 Å². The molecule has 0 fully saturated rings. The molecule has 178 valence electrons. The number of carbonyl (C=O) groups is 2. The molecule has 0 aliphatic heterocycles. The van der Waals surface area contributed by atoms with Gasteiger partial charge in [-0.25, -0.2) is 4.98 Å². The van der Waals surface area contributed by atoms with Crippen molar-refractivity contribution in [2.75, 3.05) is 10.6 Å². The van der Waals surface area contributed by atoms with Gasteiger partial charge in [-0.05, 0) is 48.7 Å². The number of aryl methyl sites for hydroxylation is 1. The van der Waals surface area contributed by atoms with Gasteiger partial charge >= 0.3 is 0 Å². The van der Waals surface area contributed by atoms with Crippen LogP contribution in [-0.2, 0) is 16.0 Å². The SMILES string of the molecule is CCc1ccc(NC(=O)[C@@H](CC)n2c(=O)c(-c3ccccc3NC(C)=O)nc3ccccc32)cc1. The van der Waals surface area contributed by atoms with Crippen LogP contribution in [0.15, 0.2) is 77.6 Å². The van der Waals surface area contributed by atoms with Crippen LogP contribution >= 0.6 is 0 Å². The van der Waals surface area contributed by atoms with Crippen LogP contribution < -0.4 is 16.2 Å². The van der Waals surface area contributed by atoms with Crippen LogP contribution in [0, 0.1) is 0 Å². The van der Waals surface area contributed by atoms with Gasteiger partial charge in [0.25, 0.3) is 5.56 Å². The van der Waals surface area contributed by atoms with Gasteiger partial charge in [0.1, 0.15) is 11.7 Å². The Balaban J connectivity index is 1.85. The van der Waals surface area contributed by atoms with E-state index in [9.17, 15) is 14.4 Å². The fraction of sp³-hybridized carbons (Fsp3) is 0.214. The second-order valence-corrected chi connectivity index (χ2v) is 8.31. The number of hydrogen-bond acceptors (Lipinski definition) is 4. The lowest BCUT2D eigenvalue weighted by Gasteiger charge is -2.21. The predicted molar refractivity (Wildman–Crippen MR) is 140 cm³/mol. The third kappa shape index (κ3) is 4.99. The van der Waals surface area contributed by atoms with Crippen LogP contribution in [0.4, 0.5) is 11.4 Å². The fourth-order valence-corrected chi connectivity index (χ4v) is 4.16. The number of rotatable bonds is 7. The summed E-state index contributed by atoms with van der Waals surface area (Å²) in [4.78, 5) is 43.7. The number of anilines is 2. The van der Waals surface area contributed by atoms with Crippen LogP contribution in [0.25, 0.3) is 22.3 Å². The Hall–Kier alpha value is -4.26. The quantitative estimate of drug-likeness (QED) is 0.391. The topological polar surface area (TPSA) is 93.1 Å². The minimum Gasteiger partial charge on any atom is -0.326 e. The van der Waals surface area contributed by atoms with Gasteiger partial charge in [-0.1, -0.05) is 56.3 Å². The molecule has 2 amide bonds. The van der Waals surface area contributed by atoms with E-state index in [0.717, 1.165) is 6.42 Å². The van der Waals surface area contributed by atoms with E-state index in [1.165, 1.54) is 17.1 Å². The molecule has 0 bridgehead atoms. The summed E-state index contributed by atoms with van der Waals surface area (Å²) in [5.41, 5.74) is 3.76. The summed E-state index contributed by atoms with van der Waals surface area (Å²) in [6, 6.07) is 21.2. The molecule has 0 aliphatic carbocycles. The van der Waals surface area contributed by atoms with Gasteiger partial charge in [-0.15, -0.1) is 0 Å². The molecule has 0 radical (unpaired) electrons. The number of para-hydroxylation sites is 3. The molecule has 4 rings (SSSR count). The molecular formula is C28H28N4O3. The molecule has 2 N–H and O–H groups in total. The van der Waals surface area contributed by atoms with Crippen molar-refractivity contribution in [2.45, 2.75) is 39.7 Å². The largest absolute Gasteiger partial charge is 0.326 e. The van der Waals surface area contributed by atoms with Gasteiger partial charge in [0.15, 0.2) is 0 Å². The van der Waals surface area contributed by atoms with E-state index in [4.69, 9.17) is 0 Å². The first kappa shape index (κ1) is 23.9. The summed E-state index contributed by atoms with van der Waals surface area (Å²) < 4.78 is 1.51. The van der Waals surface area contributed by atoms with Crippen molar-refractivity contribution >= 4 is 34.2 Å². The lowest BCUT2D eigenvalue weighted by atomic mass is 10.1. The maximum Gasteiger partial charge on any atom is 0.278 e. The Morgan fingerprint density at radius 2 is 1.60 bits per heavy atom. The molecule has 35 heavy (non-hydrogen) atoms. The molecule has 7 nitrogen and oxygen atoms in total. The Labute approximate surface area is 203 Å². The average molecular weight is 469 g/mol. The van der Waals surface area contributed by atoms with Crippen LogP contribution in [-0.4, -0.2) is 21.4 Å². The minimum atomic E-state index is -0.757. The normalized spacial score (nSPS) is 11.7. The zero-order valence-electron chi connectivity index (χ0n) is 20.0. The molecule has 3 aromatic carbocycles. The Bertz CT molecular complexity index is 1440. The highest BCUT2D eigenvalue weighted by molar-refractivity contribution is 5.96. The van der Waals surface area contributed by atoms with E-state index >= 15 is 0 Å². The molecule has 0 saturated carbocycles. The van der Waals surface area contributed by atoms with Crippen LogP contribution in [0.5, 0.6) is 0 Å².